The number of benzene rings is 2. The van der Waals surface area contributed by atoms with Gasteiger partial charge in [-0.2, -0.15) is 0 Å². The van der Waals surface area contributed by atoms with Gasteiger partial charge >= 0.3 is 0 Å². The number of rotatable bonds is 1. The second kappa shape index (κ2) is 4.73. The first-order chi connectivity index (χ1) is 8.68. The van der Waals surface area contributed by atoms with Gasteiger partial charge in [-0.15, -0.1) is 0 Å². The molecule has 18 heavy (non-hydrogen) atoms. The highest BCUT2D eigenvalue weighted by Gasteiger charge is 2.27. The van der Waals surface area contributed by atoms with Gasteiger partial charge in [-0.1, -0.05) is 69.5 Å². The minimum Gasteiger partial charge on any atom is -0.0840 e. The van der Waals surface area contributed by atoms with Crippen LogP contribution in [0.4, 0.5) is 0 Å². The van der Waals surface area contributed by atoms with E-state index in [0.29, 0.717) is 0 Å². The van der Waals surface area contributed by atoms with E-state index in [0.717, 1.165) is 25.7 Å². The van der Waals surface area contributed by atoms with Crippen molar-refractivity contribution in [1.29, 1.82) is 0 Å². The fourth-order valence-corrected chi connectivity index (χ4v) is 3.56. The van der Waals surface area contributed by atoms with E-state index in [9.17, 15) is 0 Å². The average molecular weight is 340 g/mol. The van der Waals surface area contributed by atoms with Crippen molar-refractivity contribution >= 4 is 45.2 Å². The largest absolute Gasteiger partial charge is 0.0840 e. The molecule has 0 bridgehead atoms. The molecule has 2 aromatic carbocycles. The Kier molecular flexibility index (Phi) is 3.23. The van der Waals surface area contributed by atoms with Crippen molar-refractivity contribution in [2.45, 2.75) is 5.92 Å². The lowest BCUT2D eigenvalue weighted by atomic mass is 9.93. The van der Waals surface area contributed by atoms with Crippen LogP contribution < -0.4 is 0 Å². The summed E-state index contributed by atoms with van der Waals surface area (Å²) in [6.07, 6.45) is 2.08. The third-order valence-electron chi connectivity index (χ3n) is 3.17. The monoisotopic (exact) mass is 338 g/mol. The Labute approximate surface area is 124 Å². The van der Waals surface area contributed by atoms with Gasteiger partial charge in [0.05, 0.1) is 0 Å². The first-order valence-corrected chi connectivity index (χ1v) is 7.13. The van der Waals surface area contributed by atoms with E-state index in [4.69, 9.17) is 23.2 Å². The van der Waals surface area contributed by atoms with E-state index < -0.39 is 0 Å². The van der Waals surface area contributed by atoms with Crippen molar-refractivity contribution in [2.24, 2.45) is 0 Å². The molecule has 0 heterocycles. The Bertz CT molecular complexity index is 647. The molecule has 0 N–H and O–H groups in total. The second-order valence-electron chi connectivity index (χ2n) is 4.23. The van der Waals surface area contributed by atoms with Gasteiger partial charge in [-0.25, -0.2) is 0 Å². The predicted octanol–water partition coefficient (Wildman–Crippen LogP) is 5.87. The molecule has 1 aliphatic rings. The lowest BCUT2D eigenvalue weighted by molar-refractivity contribution is 1.04. The lowest BCUT2D eigenvalue weighted by Gasteiger charge is -2.15. The number of hydrogen-bond donors (Lipinski definition) is 0. The minimum atomic E-state index is 0.146. The van der Waals surface area contributed by atoms with Crippen LogP contribution >= 0.6 is 39.1 Å². The summed E-state index contributed by atoms with van der Waals surface area (Å²) in [6.45, 7) is 0. The van der Waals surface area contributed by atoms with Crippen LogP contribution in [0.15, 0.2) is 46.9 Å². The van der Waals surface area contributed by atoms with Gasteiger partial charge in [0.1, 0.15) is 0 Å². The van der Waals surface area contributed by atoms with E-state index in [1.807, 2.05) is 30.3 Å². The van der Waals surface area contributed by atoms with Gasteiger partial charge in [0.25, 0.3) is 0 Å². The zero-order valence-electron chi connectivity index (χ0n) is 9.33. The van der Waals surface area contributed by atoms with Crippen LogP contribution in [0.1, 0.15) is 22.6 Å². The molecule has 3 rings (SSSR count). The highest BCUT2D eigenvalue weighted by molar-refractivity contribution is 9.11. The SMILES string of the molecule is Clc1ccccc1C1C(Br)=Cc2c(Cl)cccc21. The summed E-state index contributed by atoms with van der Waals surface area (Å²) in [5.41, 5.74) is 3.38. The number of fused-ring (bicyclic) bond motifs is 1. The van der Waals surface area contributed by atoms with Gasteiger partial charge in [-0.05, 0) is 34.9 Å². The molecule has 0 aromatic heterocycles. The van der Waals surface area contributed by atoms with Crippen LogP contribution in [0.2, 0.25) is 10.0 Å². The van der Waals surface area contributed by atoms with Gasteiger partial charge < -0.3 is 0 Å². The number of allylic oxidation sites excluding steroid dienone is 1. The maximum absolute atomic E-state index is 6.29. The van der Waals surface area contributed by atoms with Crippen LogP contribution in [0.5, 0.6) is 0 Å². The molecular formula is C15H9BrCl2. The van der Waals surface area contributed by atoms with Gasteiger partial charge in [0.2, 0.25) is 0 Å². The Morgan fingerprint density at radius 3 is 2.28 bits per heavy atom. The maximum atomic E-state index is 6.29. The molecule has 0 fully saturated rings. The van der Waals surface area contributed by atoms with Crippen LogP contribution in [-0.4, -0.2) is 0 Å². The van der Waals surface area contributed by atoms with E-state index in [1.165, 1.54) is 5.56 Å². The summed E-state index contributed by atoms with van der Waals surface area (Å²) in [7, 11) is 0. The summed E-state index contributed by atoms with van der Waals surface area (Å²) < 4.78 is 1.10. The topological polar surface area (TPSA) is 0 Å². The zero-order chi connectivity index (χ0) is 12.7. The van der Waals surface area contributed by atoms with Crippen molar-refractivity contribution in [3.63, 3.8) is 0 Å². The first kappa shape index (κ1) is 12.3. The third kappa shape index (κ3) is 1.91. The fourth-order valence-electron chi connectivity index (χ4n) is 2.35. The molecule has 0 saturated heterocycles. The van der Waals surface area contributed by atoms with E-state index in [1.54, 1.807) is 0 Å². The van der Waals surface area contributed by atoms with Gasteiger partial charge in [-0.3, -0.25) is 0 Å². The Balaban J connectivity index is 2.20. The standard InChI is InChI=1S/C15H9BrCl2/c16-12-8-11-9(5-3-7-14(11)18)15(12)10-4-1-2-6-13(10)17/h1-8,15H. The van der Waals surface area contributed by atoms with Crippen molar-refractivity contribution < 1.29 is 0 Å². The van der Waals surface area contributed by atoms with Gasteiger partial charge in [0, 0.05) is 20.4 Å². The highest BCUT2D eigenvalue weighted by atomic mass is 79.9. The van der Waals surface area contributed by atoms with Gasteiger partial charge in [0.15, 0.2) is 0 Å². The Morgan fingerprint density at radius 1 is 0.833 bits per heavy atom. The minimum absolute atomic E-state index is 0.146. The van der Waals surface area contributed by atoms with Crippen molar-refractivity contribution in [3.8, 4) is 0 Å². The summed E-state index contributed by atoms with van der Waals surface area (Å²) in [5, 5.41) is 1.56. The summed E-state index contributed by atoms with van der Waals surface area (Å²) >= 11 is 16.2. The Hall–Kier alpha value is -0.760. The number of hydrogen-bond acceptors (Lipinski definition) is 0. The molecule has 0 nitrogen and oxygen atoms in total. The molecule has 0 saturated carbocycles. The molecule has 1 unspecified atom stereocenters. The molecule has 2 aromatic rings. The Morgan fingerprint density at radius 2 is 1.50 bits per heavy atom. The van der Waals surface area contributed by atoms with E-state index in [-0.39, 0.29) is 5.92 Å². The lowest BCUT2D eigenvalue weighted by Crippen LogP contribution is -1.99. The van der Waals surface area contributed by atoms with Crippen molar-refractivity contribution in [2.75, 3.05) is 0 Å². The molecule has 1 atom stereocenters. The van der Waals surface area contributed by atoms with Crippen LogP contribution in [-0.2, 0) is 0 Å². The molecule has 0 aliphatic heterocycles. The highest BCUT2D eigenvalue weighted by Crippen LogP contribution is 2.47. The maximum Gasteiger partial charge on any atom is 0.0481 e. The smallest absolute Gasteiger partial charge is 0.0481 e. The average Bonchev–Trinajstić information content (AvgIpc) is 2.68. The quantitative estimate of drug-likeness (QED) is 0.609. The summed E-state index contributed by atoms with van der Waals surface area (Å²) in [6, 6.07) is 13.9. The first-order valence-electron chi connectivity index (χ1n) is 5.58. The number of halogens is 3. The van der Waals surface area contributed by atoms with Crippen LogP contribution in [0.25, 0.3) is 6.08 Å². The van der Waals surface area contributed by atoms with Crippen LogP contribution in [0, 0.1) is 0 Å². The summed E-state index contributed by atoms with van der Waals surface area (Å²) in [4.78, 5) is 0. The molecule has 0 spiro atoms. The fraction of sp³-hybridized carbons (Fsp3) is 0.0667. The second-order valence-corrected chi connectivity index (χ2v) is 5.96. The molecule has 0 radical (unpaired) electrons. The van der Waals surface area contributed by atoms with Crippen LogP contribution in [0.3, 0.4) is 0 Å². The van der Waals surface area contributed by atoms with E-state index in [2.05, 4.69) is 34.1 Å². The normalized spacial score (nSPS) is 17.5. The molecule has 3 heteroatoms. The summed E-state index contributed by atoms with van der Waals surface area (Å²) in [5.74, 6) is 0.146. The molecule has 1 aliphatic carbocycles. The molecule has 0 amide bonds. The third-order valence-corrected chi connectivity index (χ3v) is 4.53. The predicted molar refractivity (Wildman–Crippen MR) is 81.7 cm³/mol. The van der Waals surface area contributed by atoms with E-state index >= 15 is 0 Å². The van der Waals surface area contributed by atoms with Crippen molar-refractivity contribution in [3.05, 3.63) is 73.7 Å². The van der Waals surface area contributed by atoms with Crippen molar-refractivity contribution in [1.82, 2.24) is 0 Å². The molecular weight excluding hydrogens is 331 g/mol. The zero-order valence-corrected chi connectivity index (χ0v) is 12.4. The molecule has 90 valence electrons.